The molecule has 0 aliphatic heterocycles. The highest BCUT2D eigenvalue weighted by molar-refractivity contribution is 6.30. The maximum atomic E-state index is 11.1. The second-order valence-electron chi connectivity index (χ2n) is 3.42. The Morgan fingerprint density at radius 2 is 1.88 bits per heavy atom. The molecule has 80 valence electrons. The van der Waals surface area contributed by atoms with Crippen molar-refractivity contribution < 1.29 is 4.79 Å². The molecule has 2 aromatic rings. The quantitative estimate of drug-likeness (QED) is 0.760. The maximum absolute atomic E-state index is 11.1. The predicted octanol–water partition coefficient (Wildman–Crippen LogP) is 3.07. The average molecular weight is 232 g/mol. The lowest BCUT2D eigenvalue weighted by Gasteiger charge is -2.09. The summed E-state index contributed by atoms with van der Waals surface area (Å²) in [5.41, 5.74) is 1.65. The van der Waals surface area contributed by atoms with Gasteiger partial charge >= 0.3 is 0 Å². The molecule has 0 saturated carbocycles. The largest absolute Gasteiger partial charge is 0.302 e. The molecule has 1 unspecified atom stereocenters. The Balaban J connectivity index is 2.37. The van der Waals surface area contributed by atoms with Crippen LogP contribution in [-0.2, 0) is 4.79 Å². The summed E-state index contributed by atoms with van der Waals surface area (Å²) >= 11 is 5.80. The summed E-state index contributed by atoms with van der Waals surface area (Å²) < 4.78 is 0. The Hall–Kier alpha value is -1.67. The number of rotatable bonds is 3. The van der Waals surface area contributed by atoms with Crippen molar-refractivity contribution in [3.05, 3.63) is 64.9 Å². The third-order valence-electron chi connectivity index (χ3n) is 2.37. The first kappa shape index (κ1) is 10.8. The van der Waals surface area contributed by atoms with Crippen LogP contribution >= 0.6 is 11.6 Å². The molecule has 0 fully saturated rings. The second kappa shape index (κ2) is 4.90. The fourth-order valence-electron chi connectivity index (χ4n) is 1.55. The van der Waals surface area contributed by atoms with Crippen molar-refractivity contribution in [1.29, 1.82) is 0 Å². The first-order valence-electron chi connectivity index (χ1n) is 4.93. The number of nitrogens with zero attached hydrogens (tertiary/aromatic N) is 1. The molecule has 0 spiro atoms. The van der Waals surface area contributed by atoms with Gasteiger partial charge in [0.15, 0.2) is 0 Å². The number of benzene rings is 1. The minimum atomic E-state index is -0.321. The summed E-state index contributed by atoms with van der Waals surface area (Å²) in [6, 6.07) is 12.8. The Morgan fingerprint density at radius 3 is 2.44 bits per heavy atom. The SMILES string of the molecule is O=CC(c1ccc(Cl)cc1)c1ccccn1. The van der Waals surface area contributed by atoms with Crippen molar-refractivity contribution >= 4 is 17.9 Å². The van der Waals surface area contributed by atoms with Crippen molar-refractivity contribution in [2.75, 3.05) is 0 Å². The summed E-state index contributed by atoms with van der Waals surface area (Å²) in [5.74, 6) is -0.321. The van der Waals surface area contributed by atoms with Crippen molar-refractivity contribution in [2.45, 2.75) is 5.92 Å². The third-order valence-corrected chi connectivity index (χ3v) is 2.62. The lowest BCUT2D eigenvalue weighted by molar-refractivity contribution is -0.108. The lowest BCUT2D eigenvalue weighted by atomic mass is 9.97. The van der Waals surface area contributed by atoms with E-state index in [4.69, 9.17) is 11.6 Å². The van der Waals surface area contributed by atoms with Gasteiger partial charge in [-0.15, -0.1) is 0 Å². The summed E-state index contributed by atoms with van der Waals surface area (Å²) in [6.07, 6.45) is 2.58. The molecular weight excluding hydrogens is 222 g/mol. The molecule has 2 nitrogen and oxygen atoms in total. The number of halogens is 1. The zero-order valence-electron chi connectivity index (χ0n) is 8.51. The lowest BCUT2D eigenvalue weighted by Crippen LogP contribution is -2.04. The molecule has 0 radical (unpaired) electrons. The van der Waals surface area contributed by atoms with E-state index in [1.165, 1.54) is 0 Å². The van der Waals surface area contributed by atoms with E-state index >= 15 is 0 Å². The molecule has 0 saturated heterocycles. The van der Waals surface area contributed by atoms with Crippen LogP contribution in [0.5, 0.6) is 0 Å². The first-order valence-corrected chi connectivity index (χ1v) is 5.31. The summed E-state index contributed by atoms with van der Waals surface area (Å²) in [5, 5.41) is 0.661. The summed E-state index contributed by atoms with van der Waals surface area (Å²) in [7, 11) is 0. The van der Waals surface area contributed by atoms with E-state index < -0.39 is 0 Å². The number of pyridine rings is 1. The van der Waals surface area contributed by atoms with E-state index in [0.29, 0.717) is 5.02 Å². The molecule has 1 aromatic heterocycles. The van der Waals surface area contributed by atoms with Crippen molar-refractivity contribution in [3.8, 4) is 0 Å². The molecular formula is C13H10ClNO. The van der Waals surface area contributed by atoms with Crippen LogP contribution in [-0.4, -0.2) is 11.3 Å². The van der Waals surface area contributed by atoms with Crippen molar-refractivity contribution in [1.82, 2.24) is 4.98 Å². The highest BCUT2D eigenvalue weighted by Crippen LogP contribution is 2.22. The maximum Gasteiger partial charge on any atom is 0.133 e. The topological polar surface area (TPSA) is 30.0 Å². The Morgan fingerprint density at radius 1 is 1.12 bits per heavy atom. The number of hydrogen-bond acceptors (Lipinski definition) is 2. The van der Waals surface area contributed by atoms with Crippen LogP contribution in [0.25, 0.3) is 0 Å². The van der Waals surface area contributed by atoms with Gasteiger partial charge in [0.25, 0.3) is 0 Å². The van der Waals surface area contributed by atoms with Crippen LogP contribution in [0.1, 0.15) is 17.2 Å². The monoisotopic (exact) mass is 231 g/mol. The van der Waals surface area contributed by atoms with Crippen molar-refractivity contribution in [2.24, 2.45) is 0 Å². The third kappa shape index (κ3) is 2.28. The van der Waals surface area contributed by atoms with Gasteiger partial charge in [0.2, 0.25) is 0 Å². The highest BCUT2D eigenvalue weighted by atomic mass is 35.5. The van der Waals surface area contributed by atoms with Crippen LogP contribution in [0.2, 0.25) is 5.02 Å². The van der Waals surface area contributed by atoms with E-state index in [1.54, 1.807) is 18.3 Å². The van der Waals surface area contributed by atoms with Crippen LogP contribution in [0.3, 0.4) is 0 Å². The van der Waals surface area contributed by atoms with Gasteiger partial charge in [-0.25, -0.2) is 0 Å². The van der Waals surface area contributed by atoms with Gasteiger partial charge in [0.1, 0.15) is 6.29 Å². The van der Waals surface area contributed by atoms with Crippen LogP contribution in [0.4, 0.5) is 0 Å². The predicted molar refractivity (Wildman–Crippen MR) is 63.6 cm³/mol. The fraction of sp³-hybridized carbons (Fsp3) is 0.0769. The molecule has 1 aromatic carbocycles. The van der Waals surface area contributed by atoms with Crippen LogP contribution in [0, 0.1) is 0 Å². The molecule has 0 aliphatic carbocycles. The average Bonchev–Trinajstić information content (AvgIpc) is 2.34. The van der Waals surface area contributed by atoms with E-state index in [-0.39, 0.29) is 5.92 Å². The van der Waals surface area contributed by atoms with E-state index in [1.807, 2.05) is 30.3 Å². The molecule has 1 atom stereocenters. The smallest absolute Gasteiger partial charge is 0.133 e. The van der Waals surface area contributed by atoms with Gasteiger partial charge < -0.3 is 4.79 Å². The van der Waals surface area contributed by atoms with Gasteiger partial charge in [0.05, 0.1) is 11.6 Å². The molecule has 0 bridgehead atoms. The van der Waals surface area contributed by atoms with Crippen LogP contribution < -0.4 is 0 Å². The second-order valence-corrected chi connectivity index (χ2v) is 3.86. The summed E-state index contributed by atoms with van der Waals surface area (Å²) in [6.45, 7) is 0. The fourth-order valence-corrected chi connectivity index (χ4v) is 1.68. The molecule has 0 aliphatic rings. The van der Waals surface area contributed by atoms with Gasteiger partial charge in [-0.1, -0.05) is 29.8 Å². The zero-order valence-corrected chi connectivity index (χ0v) is 9.26. The minimum absolute atomic E-state index is 0.321. The molecule has 0 amide bonds. The molecule has 16 heavy (non-hydrogen) atoms. The molecule has 2 rings (SSSR count). The number of carbonyl (C=O) groups is 1. The van der Waals surface area contributed by atoms with E-state index in [0.717, 1.165) is 17.5 Å². The van der Waals surface area contributed by atoms with Crippen LogP contribution in [0.15, 0.2) is 48.7 Å². The Labute approximate surface area is 98.9 Å². The zero-order chi connectivity index (χ0) is 11.4. The normalized spacial score (nSPS) is 12.1. The summed E-state index contributed by atoms with van der Waals surface area (Å²) in [4.78, 5) is 15.3. The number of aromatic nitrogens is 1. The van der Waals surface area contributed by atoms with Gasteiger partial charge in [-0.05, 0) is 29.8 Å². The van der Waals surface area contributed by atoms with Gasteiger partial charge in [0, 0.05) is 11.2 Å². The minimum Gasteiger partial charge on any atom is -0.302 e. The van der Waals surface area contributed by atoms with Crippen molar-refractivity contribution in [3.63, 3.8) is 0 Å². The highest BCUT2D eigenvalue weighted by Gasteiger charge is 2.13. The molecule has 1 heterocycles. The van der Waals surface area contributed by atoms with Gasteiger partial charge in [-0.3, -0.25) is 4.98 Å². The molecule has 0 N–H and O–H groups in total. The first-order chi connectivity index (χ1) is 7.81. The standard InChI is InChI=1S/C13H10ClNO/c14-11-6-4-10(5-7-11)12(9-16)13-3-1-2-8-15-13/h1-9,12H. The van der Waals surface area contributed by atoms with E-state index in [9.17, 15) is 4.79 Å². The number of hydrogen-bond donors (Lipinski definition) is 0. The van der Waals surface area contributed by atoms with Gasteiger partial charge in [-0.2, -0.15) is 0 Å². The number of aldehydes is 1. The number of carbonyl (C=O) groups excluding carboxylic acids is 1. The Bertz CT molecular complexity index is 467. The van der Waals surface area contributed by atoms with E-state index in [2.05, 4.69) is 4.98 Å². The molecule has 3 heteroatoms. The Kier molecular flexibility index (Phi) is 3.32.